The lowest BCUT2D eigenvalue weighted by Gasteiger charge is -2.07. The molecule has 0 bridgehead atoms. The predicted octanol–water partition coefficient (Wildman–Crippen LogP) is 2.69. The molecule has 0 saturated carbocycles. The predicted molar refractivity (Wildman–Crippen MR) is 67.9 cm³/mol. The zero-order valence-corrected chi connectivity index (χ0v) is 10.2. The summed E-state index contributed by atoms with van der Waals surface area (Å²) < 4.78 is 10.3. The first-order valence-electron chi connectivity index (χ1n) is 5.15. The lowest BCUT2D eigenvalue weighted by atomic mass is 10.1. The van der Waals surface area contributed by atoms with Crippen molar-refractivity contribution in [1.29, 1.82) is 10.5 Å². The summed E-state index contributed by atoms with van der Waals surface area (Å²) in [6.45, 7) is 0. The van der Waals surface area contributed by atoms with Gasteiger partial charge < -0.3 is 9.47 Å². The molecule has 0 aliphatic rings. The Kier molecular flexibility index (Phi) is 5.02. The molecule has 0 amide bonds. The van der Waals surface area contributed by atoms with Gasteiger partial charge >= 0.3 is 0 Å². The number of methoxy groups -OCH3 is 2. The van der Waals surface area contributed by atoms with Gasteiger partial charge in [0.1, 0.15) is 17.7 Å². The number of benzene rings is 1. The van der Waals surface area contributed by atoms with E-state index in [4.69, 9.17) is 20.0 Å². The van der Waals surface area contributed by atoms with Crippen LogP contribution in [-0.4, -0.2) is 14.2 Å². The molecule has 1 aromatic carbocycles. The summed E-state index contributed by atoms with van der Waals surface area (Å²) in [6.07, 6.45) is 4.87. The summed E-state index contributed by atoms with van der Waals surface area (Å²) in [6, 6.07) is 9.01. The van der Waals surface area contributed by atoms with Gasteiger partial charge in [-0.05, 0) is 23.8 Å². The number of nitriles is 2. The molecule has 0 spiro atoms. The molecule has 1 aromatic rings. The number of hydrogen-bond acceptors (Lipinski definition) is 4. The molecule has 0 saturated heterocycles. The summed E-state index contributed by atoms with van der Waals surface area (Å²) in [5.74, 6) is 1.28. The van der Waals surface area contributed by atoms with E-state index in [1.807, 2.05) is 12.1 Å². The molecule has 0 unspecified atom stereocenters. The highest BCUT2D eigenvalue weighted by Crippen LogP contribution is 2.27. The lowest BCUT2D eigenvalue weighted by Crippen LogP contribution is -1.90. The smallest absolute Gasteiger partial charge is 0.161 e. The van der Waals surface area contributed by atoms with Crippen molar-refractivity contribution in [2.75, 3.05) is 14.2 Å². The van der Waals surface area contributed by atoms with Gasteiger partial charge in [0, 0.05) is 0 Å². The quantitative estimate of drug-likeness (QED) is 0.599. The molecule has 0 fully saturated rings. The monoisotopic (exact) mass is 240 g/mol. The van der Waals surface area contributed by atoms with Crippen LogP contribution in [-0.2, 0) is 0 Å². The Balaban J connectivity index is 2.94. The third kappa shape index (κ3) is 3.40. The largest absolute Gasteiger partial charge is 0.493 e. The number of nitrogens with zero attached hydrogens (tertiary/aromatic N) is 2. The normalized spacial score (nSPS) is 9.33. The van der Waals surface area contributed by atoms with Gasteiger partial charge in [0.05, 0.1) is 14.2 Å². The SMILES string of the molecule is COc1ccc(/C=C/C=C(C#N)C#N)cc1OC. The molecule has 0 aromatic heterocycles. The van der Waals surface area contributed by atoms with E-state index in [0.717, 1.165) is 5.56 Å². The van der Waals surface area contributed by atoms with Crippen molar-refractivity contribution in [3.05, 3.63) is 41.5 Å². The Bertz CT molecular complexity index is 544. The molecule has 4 nitrogen and oxygen atoms in total. The summed E-state index contributed by atoms with van der Waals surface area (Å²) in [4.78, 5) is 0. The second kappa shape index (κ2) is 6.78. The van der Waals surface area contributed by atoms with Crippen LogP contribution in [0, 0.1) is 22.7 Å². The van der Waals surface area contributed by atoms with Crippen LogP contribution in [0.15, 0.2) is 35.9 Å². The van der Waals surface area contributed by atoms with Crippen LogP contribution < -0.4 is 9.47 Å². The van der Waals surface area contributed by atoms with Gasteiger partial charge in [0.2, 0.25) is 0 Å². The minimum absolute atomic E-state index is 0.0618. The minimum Gasteiger partial charge on any atom is -0.493 e. The van der Waals surface area contributed by atoms with Crippen LogP contribution in [0.3, 0.4) is 0 Å². The Morgan fingerprint density at radius 3 is 2.33 bits per heavy atom. The Morgan fingerprint density at radius 1 is 1.11 bits per heavy atom. The Hall–Kier alpha value is -2.72. The third-order valence-electron chi connectivity index (χ3n) is 2.20. The van der Waals surface area contributed by atoms with Crippen LogP contribution >= 0.6 is 0 Å². The molecule has 1 rings (SSSR count). The maximum atomic E-state index is 8.56. The van der Waals surface area contributed by atoms with Crippen LogP contribution in [0.4, 0.5) is 0 Å². The molecule has 0 N–H and O–H groups in total. The van der Waals surface area contributed by atoms with Crippen molar-refractivity contribution in [1.82, 2.24) is 0 Å². The van der Waals surface area contributed by atoms with Gasteiger partial charge in [0.15, 0.2) is 11.5 Å². The second-order valence-electron chi connectivity index (χ2n) is 3.28. The van der Waals surface area contributed by atoms with E-state index in [-0.39, 0.29) is 5.57 Å². The zero-order valence-electron chi connectivity index (χ0n) is 10.2. The number of rotatable bonds is 4. The number of hydrogen-bond donors (Lipinski definition) is 0. The summed E-state index contributed by atoms with van der Waals surface area (Å²) in [7, 11) is 3.14. The van der Waals surface area contributed by atoms with Crippen molar-refractivity contribution >= 4 is 6.08 Å². The molecule has 0 heterocycles. The lowest BCUT2D eigenvalue weighted by molar-refractivity contribution is 0.355. The van der Waals surface area contributed by atoms with Gasteiger partial charge in [-0.15, -0.1) is 0 Å². The molecule has 0 radical (unpaired) electrons. The van der Waals surface area contributed by atoms with Gasteiger partial charge in [-0.25, -0.2) is 0 Å². The van der Waals surface area contributed by atoms with E-state index in [1.54, 1.807) is 44.6 Å². The number of ether oxygens (including phenoxy) is 2. The summed E-state index contributed by atoms with van der Waals surface area (Å²) in [5.41, 5.74) is 0.950. The standard InChI is InChI=1S/C14H12N2O2/c1-17-13-7-6-11(8-14(13)18-2)4-3-5-12(9-15)10-16/h3-8H,1-2H3/b4-3+. The average molecular weight is 240 g/mol. The second-order valence-corrected chi connectivity index (χ2v) is 3.28. The highest BCUT2D eigenvalue weighted by molar-refractivity contribution is 5.58. The van der Waals surface area contributed by atoms with Gasteiger partial charge in [0.25, 0.3) is 0 Å². The van der Waals surface area contributed by atoms with Crippen LogP contribution in [0.5, 0.6) is 11.5 Å². The van der Waals surface area contributed by atoms with E-state index < -0.39 is 0 Å². The Morgan fingerprint density at radius 2 is 1.78 bits per heavy atom. The van der Waals surface area contributed by atoms with Gasteiger partial charge in [-0.2, -0.15) is 10.5 Å². The van der Waals surface area contributed by atoms with Gasteiger partial charge in [-0.1, -0.05) is 18.2 Å². The third-order valence-corrected chi connectivity index (χ3v) is 2.20. The minimum atomic E-state index is 0.0618. The van der Waals surface area contributed by atoms with Crippen LogP contribution in [0.2, 0.25) is 0 Å². The first kappa shape index (κ1) is 13.3. The maximum absolute atomic E-state index is 8.56. The molecule has 18 heavy (non-hydrogen) atoms. The highest BCUT2D eigenvalue weighted by Gasteiger charge is 2.02. The van der Waals surface area contributed by atoms with E-state index in [9.17, 15) is 0 Å². The van der Waals surface area contributed by atoms with Crippen LogP contribution in [0.1, 0.15) is 5.56 Å². The summed E-state index contributed by atoms with van der Waals surface area (Å²) in [5, 5.41) is 17.1. The van der Waals surface area contributed by atoms with Gasteiger partial charge in [-0.3, -0.25) is 0 Å². The zero-order chi connectivity index (χ0) is 13.4. The van der Waals surface area contributed by atoms with E-state index >= 15 is 0 Å². The first-order chi connectivity index (χ1) is 8.74. The number of allylic oxidation sites excluding steroid dienone is 3. The fourth-order valence-corrected chi connectivity index (χ4v) is 1.31. The molecule has 0 aliphatic heterocycles. The molecular formula is C14H12N2O2. The first-order valence-corrected chi connectivity index (χ1v) is 5.15. The van der Waals surface area contributed by atoms with Crippen LogP contribution in [0.25, 0.3) is 6.08 Å². The van der Waals surface area contributed by atoms with Crippen molar-refractivity contribution < 1.29 is 9.47 Å². The highest BCUT2D eigenvalue weighted by atomic mass is 16.5. The molecular weight excluding hydrogens is 228 g/mol. The summed E-state index contributed by atoms with van der Waals surface area (Å²) >= 11 is 0. The van der Waals surface area contributed by atoms with E-state index in [0.29, 0.717) is 11.5 Å². The van der Waals surface area contributed by atoms with Crippen molar-refractivity contribution in [2.45, 2.75) is 0 Å². The molecule has 90 valence electrons. The molecule has 0 aliphatic carbocycles. The van der Waals surface area contributed by atoms with Crippen molar-refractivity contribution in [2.24, 2.45) is 0 Å². The van der Waals surface area contributed by atoms with E-state index in [2.05, 4.69) is 0 Å². The van der Waals surface area contributed by atoms with Crippen molar-refractivity contribution in [3.63, 3.8) is 0 Å². The topological polar surface area (TPSA) is 66.0 Å². The molecule has 0 atom stereocenters. The Labute approximate surface area is 106 Å². The fraction of sp³-hybridized carbons (Fsp3) is 0.143. The fourth-order valence-electron chi connectivity index (χ4n) is 1.31. The maximum Gasteiger partial charge on any atom is 0.161 e. The van der Waals surface area contributed by atoms with E-state index in [1.165, 1.54) is 6.08 Å². The van der Waals surface area contributed by atoms with Crippen molar-refractivity contribution in [3.8, 4) is 23.6 Å². The molecule has 4 heteroatoms. The average Bonchev–Trinajstić information content (AvgIpc) is 2.43.